The minimum Gasteiger partial charge on any atom is -0.366 e. The lowest BCUT2D eigenvalue weighted by atomic mass is 10.0. The third-order valence-corrected chi connectivity index (χ3v) is 6.71. The monoisotopic (exact) mass is 400 g/mol. The van der Waals surface area contributed by atoms with Gasteiger partial charge in [0.1, 0.15) is 10.0 Å². The molecular weight excluding hydrogens is 380 g/mol. The van der Waals surface area contributed by atoms with E-state index in [0.29, 0.717) is 10.6 Å². The van der Waals surface area contributed by atoms with Crippen molar-refractivity contribution in [2.45, 2.75) is 25.3 Å². The van der Waals surface area contributed by atoms with Gasteiger partial charge in [-0.05, 0) is 43.0 Å². The van der Waals surface area contributed by atoms with Gasteiger partial charge in [-0.3, -0.25) is 14.5 Å². The predicted molar refractivity (Wildman–Crippen MR) is 109 cm³/mol. The molecule has 3 heterocycles. The van der Waals surface area contributed by atoms with E-state index in [0.717, 1.165) is 36.3 Å². The molecule has 1 fully saturated rings. The third-order valence-electron chi connectivity index (χ3n) is 4.74. The summed E-state index contributed by atoms with van der Waals surface area (Å²) in [6, 6.07) is 9.91. The molecule has 1 aliphatic rings. The van der Waals surface area contributed by atoms with Crippen LogP contribution in [0.5, 0.6) is 0 Å². The van der Waals surface area contributed by atoms with Crippen LogP contribution in [0.25, 0.3) is 10.2 Å². The minimum atomic E-state index is -0.531. The molecule has 140 valence electrons. The van der Waals surface area contributed by atoms with Crippen LogP contribution in [0.1, 0.15) is 40.7 Å². The van der Waals surface area contributed by atoms with Gasteiger partial charge in [-0.25, -0.2) is 4.98 Å². The summed E-state index contributed by atoms with van der Waals surface area (Å²) < 4.78 is 1.17. The maximum atomic E-state index is 12.6. The fourth-order valence-electron chi connectivity index (χ4n) is 3.44. The molecule has 0 saturated carbocycles. The van der Waals surface area contributed by atoms with Crippen molar-refractivity contribution in [1.82, 2.24) is 9.88 Å². The molecule has 8 heteroatoms. The number of benzene rings is 1. The van der Waals surface area contributed by atoms with Crippen molar-refractivity contribution in [3.8, 4) is 0 Å². The number of para-hydroxylation sites is 1. The summed E-state index contributed by atoms with van der Waals surface area (Å²) in [7, 11) is 0. The Hall–Kier alpha value is -2.29. The van der Waals surface area contributed by atoms with Gasteiger partial charge in [0.15, 0.2) is 0 Å². The number of thiazole rings is 1. The van der Waals surface area contributed by atoms with E-state index in [1.165, 1.54) is 16.0 Å². The maximum Gasteiger partial charge on any atom is 0.251 e. The fraction of sp³-hybridized carbons (Fsp3) is 0.316. The van der Waals surface area contributed by atoms with Gasteiger partial charge in [-0.15, -0.1) is 22.7 Å². The Kier molecular flexibility index (Phi) is 5.20. The first-order chi connectivity index (χ1) is 13.1. The molecule has 0 bridgehead atoms. The van der Waals surface area contributed by atoms with Crippen LogP contribution in [-0.4, -0.2) is 34.8 Å². The van der Waals surface area contributed by atoms with E-state index in [1.54, 1.807) is 22.8 Å². The molecule has 1 aromatic carbocycles. The number of thiophene rings is 1. The highest BCUT2D eigenvalue weighted by Crippen LogP contribution is 2.35. The lowest BCUT2D eigenvalue weighted by Crippen LogP contribution is -2.39. The normalized spacial score (nSPS) is 17.9. The number of likely N-dealkylation sites (tertiary alicyclic amines) is 1. The molecule has 2 amide bonds. The number of rotatable bonds is 5. The Labute approximate surface area is 165 Å². The number of nitrogens with one attached hydrogen (secondary N) is 1. The van der Waals surface area contributed by atoms with Crippen LogP contribution in [0.4, 0.5) is 5.00 Å². The largest absolute Gasteiger partial charge is 0.366 e. The number of primary amides is 1. The first-order valence-electron chi connectivity index (χ1n) is 8.88. The molecule has 2 aromatic heterocycles. The Bertz CT molecular complexity index is 948. The predicted octanol–water partition coefficient (Wildman–Crippen LogP) is 3.62. The summed E-state index contributed by atoms with van der Waals surface area (Å²) in [5.41, 5.74) is 6.72. The number of hydrogen-bond donors (Lipinski definition) is 2. The van der Waals surface area contributed by atoms with Crippen molar-refractivity contribution >= 4 is 49.7 Å². The summed E-state index contributed by atoms with van der Waals surface area (Å²) in [6.45, 7) is 1.14. The number of hydrogen-bond acceptors (Lipinski definition) is 6. The molecule has 1 saturated heterocycles. The second kappa shape index (κ2) is 7.75. The van der Waals surface area contributed by atoms with Crippen LogP contribution in [0.15, 0.2) is 35.7 Å². The highest BCUT2D eigenvalue weighted by Gasteiger charge is 2.28. The Morgan fingerprint density at radius 3 is 2.93 bits per heavy atom. The van der Waals surface area contributed by atoms with Crippen LogP contribution in [-0.2, 0) is 4.79 Å². The van der Waals surface area contributed by atoms with Crippen LogP contribution in [0.2, 0.25) is 0 Å². The number of piperidine rings is 1. The molecule has 3 aromatic rings. The van der Waals surface area contributed by atoms with Gasteiger partial charge in [0.2, 0.25) is 5.91 Å². The summed E-state index contributed by atoms with van der Waals surface area (Å²) in [5, 5.41) is 6.17. The third kappa shape index (κ3) is 3.87. The Morgan fingerprint density at radius 2 is 2.11 bits per heavy atom. The zero-order chi connectivity index (χ0) is 18.8. The van der Waals surface area contributed by atoms with Crippen molar-refractivity contribution in [3.63, 3.8) is 0 Å². The summed E-state index contributed by atoms with van der Waals surface area (Å²) in [5.74, 6) is -0.662. The zero-order valence-electron chi connectivity index (χ0n) is 14.7. The van der Waals surface area contributed by atoms with E-state index in [4.69, 9.17) is 10.7 Å². The van der Waals surface area contributed by atoms with Crippen molar-refractivity contribution < 1.29 is 9.59 Å². The second-order valence-electron chi connectivity index (χ2n) is 6.58. The first-order valence-corrected chi connectivity index (χ1v) is 10.6. The molecule has 1 aliphatic heterocycles. The molecule has 6 nitrogen and oxygen atoms in total. The molecular formula is C19H20N4O2S2. The number of carbonyl (C=O) groups excluding carboxylic acids is 2. The number of aromatic nitrogens is 1. The van der Waals surface area contributed by atoms with Gasteiger partial charge < -0.3 is 11.1 Å². The zero-order valence-corrected chi connectivity index (χ0v) is 16.3. The summed E-state index contributed by atoms with van der Waals surface area (Å²) in [4.78, 5) is 31.0. The highest BCUT2D eigenvalue weighted by molar-refractivity contribution is 7.18. The van der Waals surface area contributed by atoms with E-state index in [1.807, 2.05) is 18.2 Å². The van der Waals surface area contributed by atoms with Gasteiger partial charge in [-0.1, -0.05) is 18.6 Å². The quantitative estimate of drug-likeness (QED) is 0.685. The average molecular weight is 401 g/mol. The lowest BCUT2D eigenvalue weighted by Gasteiger charge is -2.33. The maximum absolute atomic E-state index is 12.6. The van der Waals surface area contributed by atoms with Crippen molar-refractivity contribution in [2.24, 2.45) is 5.73 Å². The summed E-state index contributed by atoms with van der Waals surface area (Å²) >= 11 is 3.01. The summed E-state index contributed by atoms with van der Waals surface area (Å²) in [6.07, 6.45) is 3.20. The van der Waals surface area contributed by atoms with Crippen LogP contribution >= 0.6 is 22.7 Å². The van der Waals surface area contributed by atoms with Gasteiger partial charge in [0.25, 0.3) is 5.91 Å². The SMILES string of the molecule is NC(=O)c1ccsc1NC(=O)CN1CCCCC1c1nc2ccccc2s1. The number of nitrogens with two attached hydrogens (primary N) is 1. The van der Waals surface area contributed by atoms with Crippen molar-refractivity contribution in [2.75, 3.05) is 18.4 Å². The smallest absolute Gasteiger partial charge is 0.251 e. The lowest BCUT2D eigenvalue weighted by molar-refractivity contribution is -0.118. The van der Waals surface area contributed by atoms with Crippen LogP contribution in [0, 0.1) is 0 Å². The topological polar surface area (TPSA) is 88.3 Å². The standard InChI is InChI=1S/C19H20N4O2S2/c20-17(25)12-8-10-26-18(12)22-16(24)11-23-9-4-3-6-14(23)19-21-13-5-1-2-7-15(13)27-19/h1-2,5,7-8,10,14H,3-4,6,9,11H2,(H2,20,25)(H,22,24). The minimum absolute atomic E-state index is 0.132. The first kappa shape index (κ1) is 18.1. The Balaban J connectivity index is 1.49. The van der Waals surface area contributed by atoms with E-state index in [9.17, 15) is 9.59 Å². The molecule has 4 rings (SSSR count). The number of amides is 2. The van der Waals surface area contributed by atoms with Crippen LogP contribution in [0.3, 0.4) is 0 Å². The number of carbonyl (C=O) groups is 2. The van der Waals surface area contributed by atoms with Crippen molar-refractivity contribution in [3.05, 3.63) is 46.3 Å². The van der Waals surface area contributed by atoms with E-state index >= 15 is 0 Å². The molecule has 1 atom stereocenters. The van der Waals surface area contributed by atoms with Gasteiger partial charge in [0, 0.05) is 0 Å². The number of fused-ring (bicyclic) bond motifs is 1. The number of anilines is 1. The highest BCUT2D eigenvalue weighted by atomic mass is 32.1. The molecule has 27 heavy (non-hydrogen) atoms. The van der Waals surface area contributed by atoms with Crippen LogP contribution < -0.4 is 11.1 Å². The fourth-order valence-corrected chi connectivity index (χ4v) is 5.39. The Morgan fingerprint density at radius 1 is 1.26 bits per heavy atom. The molecule has 0 radical (unpaired) electrons. The van der Waals surface area contributed by atoms with Gasteiger partial charge in [-0.2, -0.15) is 0 Å². The number of nitrogens with zero attached hydrogens (tertiary/aromatic N) is 2. The van der Waals surface area contributed by atoms with Gasteiger partial charge >= 0.3 is 0 Å². The molecule has 0 aliphatic carbocycles. The van der Waals surface area contributed by atoms with E-state index < -0.39 is 5.91 Å². The molecule has 3 N–H and O–H groups in total. The van der Waals surface area contributed by atoms with E-state index in [2.05, 4.69) is 16.3 Å². The molecule has 0 spiro atoms. The van der Waals surface area contributed by atoms with E-state index in [-0.39, 0.29) is 18.5 Å². The van der Waals surface area contributed by atoms with Crippen molar-refractivity contribution in [1.29, 1.82) is 0 Å². The van der Waals surface area contributed by atoms with Gasteiger partial charge in [0.05, 0.1) is 28.4 Å². The second-order valence-corrected chi connectivity index (χ2v) is 8.56. The average Bonchev–Trinajstić information content (AvgIpc) is 3.28. The molecule has 1 unspecified atom stereocenters.